The van der Waals surface area contributed by atoms with Crippen molar-refractivity contribution in [2.24, 2.45) is 5.73 Å². The van der Waals surface area contributed by atoms with E-state index in [0.717, 1.165) is 26.2 Å². The van der Waals surface area contributed by atoms with Crippen LogP contribution in [-0.4, -0.2) is 65.7 Å². The molecule has 5 nitrogen and oxygen atoms in total. The monoisotopic (exact) mass is 229 g/mol. The summed E-state index contributed by atoms with van der Waals surface area (Å²) in [7, 11) is 2.10. The molecule has 3 N–H and O–H groups in total. The number of likely N-dealkylation sites (N-methyl/N-ethyl adjacent to an activating group) is 1. The second-order valence-corrected chi connectivity index (χ2v) is 5.12. The summed E-state index contributed by atoms with van der Waals surface area (Å²) in [5.74, 6) is -0.923. The maximum atomic E-state index is 10.9. The Labute approximate surface area is 97.2 Å². The van der Waals surface area contributed by atoms with Crippen LogP contribution < -0.4 is 5.73 Å². The van der Waals surface area contributed by atoms with Gasteiger partial charge in [0, 0.05) is 32.2 Å². The van der Waals surface area contributed by atoms with E-state index in [4.69, 9.17) is 10.8 Å². The van der Waals surface area contributed by atoms with Crippen LogP contribution in [0.3, 0.4) is 0 Å². The lowest BCUT2D eigenvalue weighted by Gasteiger charge is -2.38. The average Bonchev–Trinajstić information content (AvgIpc) is 2.17. The smallest absolute Gasteiger partial charge is 0.323 e. The molecule has 1 fully saturated rings. The first kappa shape index (κ1) is 13.4. The van der Waals surface area contributed by atoms with E-state index in [0.29, 0.717) is 6.42 Å². The third kappa shape index (κ3) is 3.43. The molecule has 1 heterocycles. The largest absolute Gasteiger partial charge is 0.480 e. The molecule has 0 aromatic carbocycles. The topological polar surface area (TPSA) is 69.8 Å². The van der Waals surface area contributed by atoms with Crippen molar-refractivity contribution in [1.82, 2.24) is 9.80 Å². The van der Waals surface area contributed by atoms with Crippen LogP contribution in [-0.2, 0) is 4.79 Å². The summed E-state index contributed by atoms with van der Waals surface area (Å²) < 4.78 is 0. The summed E-state index contributed by atoms with van der Waals surface area (Å²) in [6.45, 7) is 7.71. The number of aliphatic carboxylic acids is 1. The number of carbonyl (C=O) groups is 1. The van der Waals surface area contributed by atoms with Crippen molar-refractivity contribution in [3.05, 3.63) is 0 Å². The zero-order valence-electron chi connectivity index (χ0n) is 10.4. The van der Waals surface area contributed by atoms with Crippen LogP contribution in [0.5, 0.6) is 0 Å². The molecule has 5 heteroatoms. The second-order valence-electron chi connectivity index (χ2n) is 5.12. The van der Waals surface area contributed by atoms with E-state index in [9.17, 15) is 4.79 Å². The SMILES string of the molecule is CC(CC(C)(N)C(=O)O)N1CCN(C)CC1. The maximum absolute atomic E-state index is 10.9. The van der Waals surface area contributed by atoms with Crippen molar-refractivity contribution in [2.75, 3.05) is 33.2 Å². The van der Waals surface area contributed by atoms with Gasteiger partial charge in [-0.25, -0.2) is 0 Å². The van der Waals surface area contributed by atoms with Crippen molar-refractivity contribution in [3.8, 4) is 0 Å². The van der Waals surface area contributed by atoms with Gasteiger partial charge in [-0.3, -0.25) is 9.69 Å². The van der Waals surface area contributed by atoms with Crippen LogP contribution in [0.4, 0.5) is 0 Å². The van der Waals surface area contributed by atoms with Gasteiger partial charge in [0.25, 0.3) is 0 Å². The molecule has 0 aliphatic carbocycles. The average molecular weight is 229 g/mol. The van der Waals surface area contributed by atoms with Crippen LogP contribution in [0.25, 0.3) is 0 Å². The predicted octanol–water partition coefficient (Wildman–Crippen LogP) is -0.186. The Morgan fingerprint density at radius 2 is 1.94 bits per heavy atom. The molecule has 1 aliphatic heterocycles. The summed E-state index contributed by atoms with van der Waals surface area (Å²) >= 11 is 0. The van der Waals surface area contributed by atoms with Gasteiger partial charge >= 0.3 is 5.97 Å². The molecular weight excluding hydrogens is 206 g/mol. The molecule has 1 aliphatic rings. The number of nitrogens with zero attached hydrogens (tertiary/aromatic N) is 2. The minimum atomic E-state index is -1.12. The molecule has 0 radical (unpaired) electrons. The van der Waals surface area contributed by atoms with E-state index in [1.165, 1.54) is 0 Å². The first-order valence-corrected chi connectivity index (χ1v) is 5.78. The van der Waals surface area contributed by atoms with Gasteiger partial charge < -0.3 is 15.7 Å². The summed E-state index contributed by atoms with van der Waals surface area (Å²) in [6.07, 6.45) is 0.492. The molecule has 1 rings (SSSR count). The second kappa shape index (κ2) is 5.12. The molecular formula is C11H23N3O2. The lowest BCUT2D eigenvalue weighted by atomic mass is 9.94. The van der Waals surface area contributed by atoms with E-state index in [1.54, 1.807) is 6.92 Å². The third-order valence-corrected chi connectivity index (χ3v) is 3.37. The Kier molecular flexibility index (Phi) is 4.29. The molecule has 94 valence electrons. The van der Waals surface area contributed by atoms with Gasteiger partial charge in [-0.1, -0.05) is 0 Å². The molecule has 1 saturated heterocycles. The fourth-order valence-corrected chi connectivity index (χ4v) is 2.09. The number of rotatable bonds is 4. The van der Waals surface area contributed by atoms with E-state index in [2.05, 4.69) is 23.8 Å². The molecule has 0 saturated carbocycles. The molecule has 0 bridgehead atoms. The summed E-state index contributed by atoms with van der Waals surface area (Å²) in [5.41, 5.74) is 4.64. The quantitative estimate of drug-likeness (QED) is 0.699. The fourth-order valence-electron chi connectivity index (χ4n) is 2.09. The lowest BCUT2D eigenvalue weighted by Crippen LogP contribution is -2.53. The summed E-state index contributed by atoms with van der Waals surface area (Å²) in [4.78, 5) is 15.5. The van der Waals surface area contributed by atoms with Crippen molar-refractivity contribution >= 4 is 5.97 Å². The van der Waals surface area contributed by atoms with Gasteiger partial charge in [-0.2, -0.15) is 0 Å². The van der Waals surface area contributed by atoms with Gasteiger partial charge in [-0.05, 0) is 27.3 Å². The Morgan fingerprint density at radius 1 is 1.44 bits per heavy atom. The van der Waals surface area contributed by atoms with Crippen molar-refractivity contribution in [2.45, 2.75) is 31.8 Å². The standard InChI is InChI=1S/C11H23N3O2/c1-9(8-11(2,12)10(15)16)14-6-4-13(3)5-7-14/h9H,4-8,12H2,1-3H3,(H,15,16). The highest BCUT2D eigenvalue weighted by Gasteiger charge is 2.32. The Hall–Kier alpha value is -0.650. The van der Waals surface area contributed by atoms with Gasteiger partial charge in [0.05, 0.1) is 0 Å². The van der Waals surface area contributed by atoms with E-state index in [-0.39, 0.29) is 6.04 Å². The highest BCUT2D eigenvalue weighted by atomic mass is 16.4. The number of hydrogen-bond donors (Lipinski definition) is 2. The van der Waals surface area contributed by atoms with Crippen LogP contribution in [0.1, 0.15) is 20.3 Å². The molecule has 0 amide bonds. The van der Waals surface area contributed by atoms with Crippen LogP contribution >= 0.6 is 0 Å². The molecule has 2 unspecified atom stereocenters. The Balaban J connectivity index is 2.46. The van der Waals surface area contributed by atoms with E-state index < -0.39 is 11.5 Å². The molecule has 16 heavy (non-hydrogen) atoms. The zero-order valence-corrected chi connectivity index (χ0v) is 10.4. The van der Waals surface area contributed by atoms with Gasteiger partial charge in [0.1, 0.15) is 5.54 Å². The molecule has 0 spiro atoms. The van der Waals surface area contributed by atoms with E-state index in [1.807, 2.05) is 0 Å². The van der Waals surface area contributed by atoms with E-state index >= 15 is 0 Å². The van der Waals surface area contributed by atoms with Crippen molar-refractivity contribution < 1.29 is 9.90 Å². The highest BCUT2D eigenvalue weighted by Crippen LogP contribution is 2.15. The van der Waals surface area contributed by atoms with Crippen LogP contribution in [0.2, 0.25) is 0 Å². The lowest BCUT2D eigenvalue weighted by molar-refractivity contribution is -0.143. The summed E-state index contributed by atoms with van der Waals surface area (Å²) in [6, 6.07) is 0.222. The Morgan fingerprint density at radius 3 is 2.38 bits per heavy atom. The number of piperazine rings is 1. The highest BCUT2D eigenvalue weighted by molar-refractivity contribution is 5.77. The minimum absolute atomic E-state index is 0.222. The number of nitrogens with two attached hydrogens (primary N) is 1. The van der Waals surface area contributed by atoms with Gasteiger partial charge in [0.2, 0.25) is 0 Å². The maximum Gasteiger partial charge on any atom is 0.323 e. The van der Waals surface area contributed by atoms with Gasteiger partial charge in [-0.15, -0.1) is 0 Å². The fraction of sp³-hybridized carbons (Fsp3) is 0.909. The zero-order chi connectivity index (χ0) is 12.3. The third-order valence-electron chi connectivity index (χ3n) is 3.37. The number of carboxylic acid groups (broad SMARTS) is 1. The first-order valence-electron chi connectivity index (χ1n) is 5.78. The molecule has 0 aromatic rings. The van der Waals surface area contributed by atoms with Gasteiger partial charge in [0.15, 0.2) is 0 Å². The normalized spacial score (nSPS) is 25.0. The number of carboxylic acids is 1. The number of hydrogen-bond acceptors (Lipinski definition) is 4. The predicted molar refractivity (Wildman–Crippen MR) is 63.4 cm³/mol. The van der Waals surface area contributed by atoms with Crippen LogP contribution in [0.15, 0.2) is 0 Å². The van der Waals surface area contributed by atoms with Crippen LogP contribution in [0, 0.1) is 0 Å². The summed E-state index contributed by atoms with van der Waals surface area (Å²) in [5, 5.41) is 8.98. The molecule has 2 atom stereocenters. The minimum Gasteiger partial charge on any atom is -0.480 e. The first-order chi connectivity index (χ1) is 7.33. The van der Waals surface area contributed by atoms with Crippen molar-refractivity contribution in [1.29, 1.82) is 0 Å². The Bertz CT molecular complexity index is 248. The molecule has 0 aromatic heterocycles. The van der Waals surface area contributed by atoms with Crippen molar-refractivity contribution in [3.63, 3.8) is 0 Å².